The third-order valence-electron chi connectivity index (χ3n) is 2.84. The van der Waals surface area contributed by atoms with Crippen molar-refractivity contribution in [3.05, 3.63) is 28.2 Å². The van der Waals surface area contributed by atoms with Crippen molar-refractivity contribution < 1.29 is 4.74 Å². The largest absolute Gasteiger partial charge is 0.493 e. The molecule has 0 bridgehead atoms. The molecule has 0 unspecified atom stereocenters. The first-order valence-corrected chi connectivity index (χ1v) is 7.88. The number of benzene rings is 1. The summed E-state index contributed by atoms with van der Waals surface area (Å²) in [5.74, 6) is 0.931. The van der Waals surface area contributed by atoms with E-state index in [0.29, 0.717) is 6.61 Å². The van der Waals surface area contributed by atoms with Crippen LogP contribution in [0, 0.1) is 0 Å². The Morgan fingerprint density at radius 2 is 1.95 bits per heavy atom. The minimum Gasteiger partial charge on any atom is -0.493 e. The van der Waals surface area contributed by atoms with Gasteiger partial charge in [0.2, 0.25) is 0 Å². The Balaban J connectivity index is 2.32. The Labute approximate surface area is 126 Å². The molecule has 3 heteroatoms. The van der Waals surface area contributed by atoms with Crippen LogP contribution in [0.2, 0.25) is 0 Å². The molecule has 0 aromatic heterocycles. The van der Waals surface area contributed by atoms with E-state index in [0.717, 1.165) is 23.2 Å². The average molecular weight is 328 g/mol. The van der Waals surface area contributed by atoms with Gasteiger partial charge in [0.05, 0.1) is 11.1 Å². The molecule has 0 fully saturated rings. The van der Waals surface area contributed by atoms with Crippen LogP contribution in [0.4, 0.5) is 0 Å². The summed E-state index contributed by atoms with van der Waals surface area (Å²) in [6.07, 6.45) is 3.54. The lowest BCUT2D eigenvalue weighted by atomic mass is 10.1. The van der Waals surface area contributed by atoms with Gasteiger partial charge in [-0.05, 0) is 87.1 Å². The van der Waals surface area contributed by atoms with Crippen LogP contribution < -0.4 is 10.1 Å². The molecular weight excluding hydrogens is 302 g/mol. The fraction of sp³-hybridized carbons (Fsp3) is 0.625. The lowest BCUT2D eigenvalue weighted by molar-refractivity contribution is 0.338. The first kappa shape index (κ1) is 16.5. The molecule has 0 aliphatic heterocycles. The fourth-order valence-electron chi connectivity index (χ4n) is 1.89. The molecule has 1 aromatic rings. The van der Waals surface area contributed by atoms with Crippen molar-refractivity contribution in [3.63, 3.8) is 0 Å². The Bertz CT molecular complexity index is 385. The zero-order valence-corrected chi connectivity index (χ0v) is 14.1. The average Bonchev–Trinajstić information content (AvgIpc) is 2.31. The Morgan fingerprint density at radius 3 is 2.53 bits per heavy atom. The van der Waals surface area contributed by atoms with Crippen molar-refractivity contribution in [1.29, 1.82) is 0 Å². The monoisotopic (exact) mass is 327 g/mol. The number of unbranched alkanes of at least 4 members (excludes halogenated alkanes) is 1. The van der Waals surface area contributed by atoms with E-state index in [1.165, 1.54) is 18.4 Å². The molecule has 0 radical (unpaired) electrons. The predicted molar refractivity (Wildman–Crippen MR) is 86.0 cm³/mol. The van der Waals surface area contributed by atoms with Crippen LogP contribution in [0.15, 0.2) is 22.7 Å². The summed E-state index contributed by atoms with van der Waals surface area (Å²) < 4.78 is 6.57. The zero-order chi connectivity index (χ0) is 14.3. The quantitative estimate of drug-likeness (QED) is 0.741. The first-order valence-electron chi connectivity index (χ1n) is 7.08. The van der Waals surface area contributed by atoms with Gasteiger partial charge in [-0.2, -0.15) is 0 Å². The lowest BCUT2D eigenvalue weighted by Gasteiger charge is -2.20. The normalized spacial score (nSPS) is 11.6. The number of halogens is 1. The van der Waals surface area contributed by atoms with Gasteiger partial charge in [0.15, 0.2) is 0 Å². The summed E-state index contributed by atoms with van der Waals surface area (Å²) >= 11 is 3.56. The van der Waals surface area contributed by atoms with E-state index in [2.05, 4.69) is 60.2 Å². The van der Waals surface area contributed by atoms with Crippen molar-refractivity contribution in [1.82, 2.24) is 5.32 Å². The fourth-order valence-corrected chi connectivity index (χ4v) is 2.43. The summed E-state index contributed by atoms with van der Waals surface area (Å²) in [6, 6.07) is 6.38. The summed E-state index contributed by atoms with van der Waals surface area (Å²) in [5.41, 5.74) is 1.59. The van der Waals surface area contributed by atoms with Gasteiger partial charge < -0.3 is 10.1 Å². The highest BCUT2D eigenvalue weighted by atomic mass is 79.9. The van der Waals surface area contributed by atoms with Crippen LogP contribution in [-0.2, 0) is 6.42 Å². The molecule has 1 aromatic carbocycles. The summed E-state index contributed by atoms with van der Waals surface area (Å²) in [7, 11) is 0. The highest BCUT2D eigenvalue weighted by Crippen LogP contribution is 2.26. The van der Waals surface area contributed by atoms with Gasteiger partial charge in [-0.3, -0.25) is 0 Å². The van der Waals surface area contributed by atoms with E-state index < -0.39 is 0 Å². The van der Waals surface area contributed by atoms with Gasteiger partial charge in [-0.1, -0.05) is 6.07 Å². The molecule has 1 rings (SSSR count). The number of rotatable bonds is 7. The third kappa shape index (κ3) is 6.98. The third-order valence-corrected chi connectivity index (χ3v) is 3.46. The number of hydrogen-bond acceptors (Lipinski definition) is 2. The molecule has 1 N–H and O–H groups in total. The van der Waals surface area contributed by atoms with E-state index >= 15 is 0 Å². The highest BCUT2D eigenvalue weighted by molar-refractivity contribution is 9.10. The molecule has 0 heterocycles. The van der Waals surface area contributed by atoms with E-state index in [4.69, 9.17) is 4.74 Å². The molecule has 0 atom stereocenters. The van der Waals surface area contributed by atoms with Crippen molar-refractivity contribution >= 4 is 15.9 Å². The molecule has 19 heavy (non-hydrogen) atoms. The molecule has 0 spiro atoms. The van der Waals surface area contributed by atoms with Gasteiger partial charge in [-0.15, -0.1) is 0 Å². The predicted octanol–water partition coefficient (Wildman–Crippen LogP) is 4.56. The molecular formula is C16H26BrNO. The van der Waals surface area contributed by atoms with Gasteiger partial charge in [0, 0.05) is 5.54 Å². The van der Waals surface area contributed by atoms with E-state index in [-0.39, 0.29) is 5.54 Å². The minimum atomic E-state index is 0.224. The highest BCUT2D eigenvalue weighted by Gasteiger charge is 2.07. The van der Waals surface area contributed by atoms with Crippen LogP contribution in [0.5, 0.6) is 5.75 Å². The van der Waals surface area contributed by atoms with Crippen molar-refractivity contribution in [2.24, 2.45) is 0 Å². The lowest BCUT2D eigenvalue weighted by Crippen LogP contribution is -2.36. The van der Waals surface area contributed by atoms with E-state index in [9.17, 15) is 0 Å². The number of aryl methyl sites for hydroxylation is 1. The van der Waals surface area contributed by atoms with Crippen LogP contribution in [-0.4, -0.2) is 18.7 Å². The standard InChI is InChI=1S/C16H26BrNO/c1-5-19-15-10-9-13(12-14(15)17)8-6-7-11-18-16(2,3)4/h9-10,12,18H,5-8,11H2,1-4H3. The maximum atomic E-state index is 5.52. The Kier molecular flexibility index (Phi) is 6.87. The van der Waals surface area contributed by atoms with Gasteiger partial charge in [0.1, 0.15) is 5.75 Å². The van der Waals surface area contributed by atoms with Crippen LogP contribution >= 0.6 is 15.9 Å². The van der Waals surface area contributed by atoms with E-state index in [1.807, 2.05) is 6.92 Å². The second-order valence-corrected chi connectivity index (χ2v) is 6.69. The Morgan fingerprint density at radius 1 is 1.21 bits per heavy atom. The van der Waals surface area contributed by atoms with Crippen molar-refractivity contribution in [2.75, 3.05) is 13.2 Å². The second kappa shape index (κ2) is 7.91. The number of nitrogens with one attached hydrogen (secondary N) is 1. The van der Waals surface area contributed by atoms with Crippen LogP contribution in [0.25, 0.3) is 0 Å². The summed E-state index contributed by atoms with van der Waals surface area (Å²) in [6.45, 7) is 10.4. The van der Waals surface area contributed by atoms with Crippen molar-refractivity contribution in [3.8, 4) is 5.75 Å². The van der Waals surface area contributed by atoms with Gasteiger partial charge >= 0.3 is 0 Å². The van der Waals surface area contributed by atoms with Crippen LogP contribution in [0.1, 0.15) is 46.1 Å². The Hall–Kier alpha value is -0.540. The molecule has 0 amide bonds. The molecule has 2 nitrogen and oxygen atoms in total. The summed E-state index contributed by atoms with van der Waals surface area (Å²) in [5, 5.41) is 3.52. The molecule has 108 valence electrons. The maximum Gasteiger partial charge on any atom is 0.133 e. The number of hydrogen-bond donors (Lipinski definition) is 1. The van der Waals surface area contributed by atoms with Gasteiger partial charge in [-0.25, -0.2) is 0 Å². The summed E-state index contributed by atoms with van der Waals surface area (Å²) in [4.78, 5) is 0. The molecule has 0 aliphatic carbocycles. The SMILES string of the molecule is CCOc1ccc(CCCCNC(C)(C)C)cc1Br. The smallest absolute Gasteiger partial charge is 0.133 e. The molecule has 0 aliphatic rings. The van der Waals surface area contributed by atoms with Gasteiger partial charge in [0.25, 0.3) is 0 Å². The maximum absolute atomic E-state index is 5.52. The zero-order valence-electron chi connectivity index (χ0n) is 12.6. The number of ether oxygens (including phenoxy) is 1. The minimum absolute atomic E-state index is 0.224. The first-order chi connectivity index (χ1) is 8.92. The van der Waals surface area contributed by atoms with Crippen LogP contribution in [0.3, 0.4) is 0 Å². The topological polar surface area (TPSA) is 21.3 Å². The van der Waals surface area contributed by atoms with E-state index in [1.54, 1.807) is 0 Å². The molecule has 0 saturated carbocycles. The second-order valence-electron chi connectivity index (χ2n) is 5.83. The van der Waals surface area contributed by atoms with Crippen molar-refractivity contribution in [2.45, 2.75) is 52.5 Å². The molecule has 0 saturated heterocycles.